The fourth-order valence-corrected chi connectivity index (χ4v) is 2.95. The standard InChI is InChI=1S/C15H17NO2S/c1-10-4-3-5-11(8-10)14-7-6-12(19-14)9-13(16)15(17)18-2/h3-8,13H,9,16H2,1-2H3. The molecular formula is C15H17NO2S. The van der Waals surface area contributed by atoms with E-state index >= 15 is 0 Å². The van der Waals surface area contributed by atoms with Crippen molar-refractivity contribution in [2.24, 2.45) is 5.73 Å². The lowest BCUT2D eigenvalue weighted by Crippen LogP contribution is -2.33. The van der Waals surface area contributed by atoms with E-state index in [0.717, 1.165) is 4.88 Å². The number of benzene rings is 1. The molecule has 19 heavy (non-hydrogen) atoms. The summed E-state index contributed by atoms with van der Waals surface area (Å²) in [5, 5.41) is 0. The molecule has 1 aromatic heterocycles. The van der Waals surface area contributed by atoms with Crippen LogP contribution in [0.2, 0.25) is 0 Å². The van der Waals surface area contributed by atoms with Gasteiger partial charge in [-0.15, -0.1) is 11.3 Å². The van der Waals surface area contributed by atoms with Gasteiger partial charge in [-0.3, -0.25) is 4.79 Å². The predicted octanol–water partition coefficient (Wildman–Crippen LogP) is 2.77. The first-order valence-corrected chi connectivity index (χ1v) is 6.91. The summed E-state index contributed by atoms with van der Waals surface area (Å²) >= 11 is 1.66. The molecule has 0 aliphatic carbocycles. The molecule has 1 aromatic carbocycles. The fourth-order valence-electron chi connectivity index (χ4n) is 1.89. The van der Waals surface area contributed by atoms with Crippen LogP contribution in [-0.4, -0.2) is 19.1 Å². The SMILES string of the molecule is COC(=O)C(N)Cc1ccc(-c2cccc(C)c2)s1. The minimum absolute atomic E-state index is 0.370. The van der Waals surface area contributed by atoms with Crippen molar-refractivity contribution in [1.29, 1.82) is 0 Å². The summed E-state index contributed by atoms with van der Waals surface area (Å²) in [6.45, 7) is 2.07. The largest absolute Gasteiger partial charge is 0.468 e. The van der Waals surface area contributed by atoms with E-state index < -0.39 is 6.04 Å². The van der Waals surface area contributed by atoms with Crippen LogP contribution < -0.4 is 5.73 Å². The Hall–Kier alpha value is -1.65. The van der Waals surface area contributed by atoms with Crippen molar-refractivity contribution in [3.63, 3.8) is 0 Å². The van der Waals surface area contributed by atoms with Crippen molar-refractivity contribution in [2.75, 3.05) is 7.11 Å². The second kappa shape index (κ2) is 5.99. The quantitative estimate of drug-likeness (QED) is 0.873. The molecule has 0 amide bonds. The zero-order chi connectivity index (χ0) is 13.8. The van der Waals surface area contributed by atoms with Crippen LogP contribution in [0.3, 0.4) is 0 Å². The Kier molecular flexibility index (Phi) is 4.35. The summed E-state index contributed by atoms with van der Waals surface area (Å²) in [4.78, 5) is 13.6. The number of rotatable bonds is 4. The molecule has 0 bridgehead atoms. The smallest absolute Gasteiger partial charge is 0.323 e. The molecule has 2 rings (SSSR count). The Morgan fingerprint density at radius 2 is 2.16 bits per heavy atom. The molecule has 0 spiro atoms. The third kappa shape index (κ3) is 3.43. The molecule has 0 saturated carbocycles. The van der Waals surface area contributed by atoms with E-state index in [0.29, 0.717) is 6.42 Å². The second-order valence-electron chi connectivity index (χ2n) is 4.47. The number of esters is 1. The van der Waals surface area contributed by atoms with E-state index in [2.05, 4.69) is 35.9 Å². The highest BCUT2D eigenvalue weighted by Gasteiger charge is 2.15. The molecule has 1 atom stereocenters. The Labute approximate surface area is 117 Å². The van der Waals surface area contributed by atoms with Crippen LogP contribution in [0, 0.1) is 6.92 Å². The lowest BCUT2D eigenvalue weighted by molar-refractivity contribution is -0.142. The summed E-state index contributed by atoms with van der Waals surface area (Å²) in [6, 6.07) is 11.9. The number of ether oxygens (including phenoxy) is 1. The van der Waals surface area contributed by atoms with Crippen molar-refractivity contribution in [3.05, 3.63) is 46.8 Å². The first kappa shape index (κ1) is 13.8. The summed E-state index contributed by atoms with van der Waals surface area (Å²) in [6.07, 6.45) is 0.517. The Morgan fingerprint density at radius 3 is 2.84 bits per heavy atom. The van der Waals surface area contributed by atoms with Crippen molar-refractivity contribution in [2.45, 2.75) is 19.4 Å². The zero-order valence-electron chi connectivity index (χ0n) is 11.1. The highest BCUT2D eigenvalue weighted by molar-refractivity contribution is 7.15. The molecule has 2 N–H and O–H groups in total. The van der Waals surface area contributed by atoms with Gasteiger partial charge in [-0.1, -0.05) is 29.8 Å². The highest BCUT2D eigenvalue weighted by Crippen LogP contribution is 2.29. The lowest BCUT2D eigenvalue weighted by Gasteiger charge is -2.06. The molecule has 4 heteroatoms. The second-order valence-corrected chi connectivity index (χ2v) is 5.64. The van der Waals surface area contributed by atoms with E-state index in [9.17, 15) is 4.79 Å². The maximum atomic E-state index is 11.3. The number of hydrogen-bond acceptors (Lipinski definition) is 4. The Bertz CT molecular complexity index is 577. The number of carbonyl (C=O) groups excluding carboxylic acids is 1. The average Bonchev–Trinajstić information content (AvgIpc) is 2.86. The first-order chi connectivity index (χ1) is 9.10. The van der Waals surface area contributed by atoms with E-state index in [1.165, 1.54) is 23.1 Å². The molecule has 100 valence electrons. The van der Waals surface area contributed by atoms with Gasteiger partial charge in [0.2, 0.25) is 0 Å². The molecule has 0 fully saturated rings. The van der Waals surface area contributed by atoms with Gasteiger partial charge < -0.3 is 10.5 Å². The molecule has 3 nitrogen and oxygen atoms in total. The topological polar surface area (TPSA) is 52.3 Å². The molecule has 1 heterocycles. The van der Waals surface area contributed by atoms with Crippen LogP contribution in [-0.2, 0) is 16.0 Å². The molecule has 0 radical (unpaired) electrons. The summed E-state index contributed by atoms with van der Waals surface area (Å²) in [5.74, 6) is -0.370. The summed E-state index contributed by atoms with van der Waals surface area (Å²) < 4.78 is 4.63. The number of methoxy groups -OCH3 is 1. The maximum absolute atomic E-state index is 11.3. The van der Waals surface area contributed by atoms with Crippen molar-refractivity contribution in [3.8, 4) is 10.4 Å². The summed E-state index contributed by atoms with van der Waals surface area (Å²) in [7, 11) is 1.36. The lowest BCUT2D eigenvalue weighted by atomic mass is 10.1. The third-order valence-corrected chi connectivity index (χ3v) is 4.05. The number of hydrogen-bond donors (Lipinski definition) is 1. The van der Waals surface area contributed by atoms with Gasteiger partial charge in [0.15, 0.2) is 0 Å². The van der Waals surface area contributed by atoms with Gasteiger partial charge in [0, 0.05) is 16.2 Å². The van der Waals surface area contributed by atoms with Crippen molar-refractivity contribution >= 4 is 17.3 Å². The molecule has 2 aromatic rings. The van der Waals surface area contributed by atoms with Gasteiger partial charge in [-0.05, 0) is 24.6 Å². The third-order valence-electron chi connectivity index (χ3n) is 2.89. The van der Waals surface area contributed by atoms with Crippen LogP contribution >= 0.6 is 11.3 Å². The van der Waals surface area contributed by atoms with Crippen LogP contribution in [0.25, 0.3) is 10.4 Å². The minimum atomic E-state index is -0.589. The van der Waals surface area contributed by atoms with Crippen molar-refractivity contribution < 1.29 is 9.53 Å². The maximum Gasteiger partial charge on any atom is 0.323 e. The van der Waals surface area contributed by atoms with Gasteiger partial charge in [0.05, 0.1) is 7.11 Å². The molecule has 0 saturated heterocycles. The number of nitrogens with two attached hydrogens (primary N) is 1. The average molecular weight is 275 g/mol. The zero-order valence-corrected chi connectivity index (χ0v) is 11.9. The first-order valence-electron chi connectivity index (χ1n) is 6.09. The highest BCUT2D eigenvalue weighted by atomic mass is 32.1. The fraction of sp³-hybridized carbons (Fsp3) is 0.267. The van der Waals surface area contributed by atoms with Crippen molar-refractivity contribution in [1.82, 2.24) is 0 Å². The number of aryl methyl sites for hydroxylation is 1. The van der Waals surface area contributed by atoms with Crippen LogP contribution in [0.1, 0.15) is 10.4 Å². The van der Waals surface area contributed by atoms with Crippen LogP contribution in [0.5, 0.6) is 0 Å². The Morgan fingerprint density at radius 1 is 1.37 bits per heavy atom. The van der Waals surface area contributed by atoms with Crippen LogP contribution in [0.4, 0.5) is 0 Å². The van der Waals surface area contributed by atoms with Crippen LogP contribution in [0.15, 0.2) is 36.4 Å². The molecule has 0 aliphatic rings. The van der Waals surface area contributed by atoms with E-state index in [1.54, 1.807) is 11.3 Å². The van der Waals surface area contributed by atoms with Gasteiger partial charge in [0.1, 0.15) is 6.04 Å². The van der Waals surface area contributed by atoms with E-state index in [-0.39, 0.29) is 5.97 Å². The van der Waals surface area contributed by atoms with E-state index in [4.69, 9.17) is 5.73 Å². The molecular weight excluding hydrogens is 258 g/mol. The van der Waals surface area contributed by atoms with Gasteiger partial charge in [-0.2, -0.15) is 0 Å². The number of thiophene rings is 1. The van der Waals surface area contributed by atoms with Gasteiger partial charge >= 0.3 is 5.97 Å². The van der Waals surface area contributed by atoms with Gasteiger partial charge in [0.25, 0.3) is 0 Å². The number of carbonyl (C=O) groups is 1. The van der Waals surface area contributed by atoms with Gasteiger partial charge in [-0.25, -0.2) is 0 Å². The predicted molar refractivity (Wildman–Crippen MR) is 78.2 cm³/mol. The Balaban J connectivity index is 2.13. The monoisotopic (exact) mass is 275 g/mol. The minimum Gasteiger partial charge on any atom is -0.468 e. The van der Waals surface area contributed by atoms with E-state index in [1.807, 2.05) is 12.1 Å². The normalized spacial score (nSPS) is 12.2. The summed E-state index contributed by atoms with van der Waals surface area (Å²) in [5.41, 5.74) is 8.20. The molecule has 1 unspecified atom stereocenters. The molecule has 0 aliphatic heterocycles.